The number of carbonyl (C=O) groups excluding carboxylic acids is 2. The molecule has 0 aliphatic carbocycles. The summed E-state index contributed by atoms with van der Waals surface area (Å²) >= 11 is 0. The highest BCUT2D eigenvalue weighted by Gasteiger charge is 2.31. The van der Waals surface area contributed by atoms with E-state index in [2.05, 4.69) is 10.3 Å². The molecule has 2 amide bonds. The summed E-state index contributed by atoms with van der Waals surface area (Å²) in [5.41, 5.74) is 0.435. The first-order valence-corrected chi connectivity index (χ1v) is 8.27. The van der Waals surface area contributed by atoms with Crippen LogP contribution in [0.25, 0.3) is 0 Å². The number of β-amino-alcohol motifs (C(OH)–C–C–N with tert-alkyl or cyclic N) is 1. The number of nitrogens with zero attached hydrogens (tertiary/aromatic N) is 1. The van der Waals surface area contributed by atoms with E-state index in [-0.39, 0.29) is 23.8 Å². The summed E-state index contributed by atoms with van der Waals surface area (Å²) in [5.74, 6) is -0.199. The second kappa shape index (κ2) is 7.70. The number of rotatable bonds is 4. The highest BCUT2D eigenvalue weighted by molar-refractivity contribution is 5.92. The highest BCUT2D eigenvalue weighted by Crippen LogP contribution is 2.19. The molecule has 0 spiro atoms. The minimum absolute atomic E-state index is 0.0830. The van der Waals surface area contributed by atoms with Crippen LogP contribution in [0.1, 0.15) is 37.7 Å². The van der Waals surface area contributed by atoms with Crippen LogP contribution in [-0.2, 0) is 4.74 Å². The molecule has 2 heterocycles. The van der Waals surface area contributed by atoms with Gasteiger partial charge in [0.25, 0.3) is 5.91 Å². The van der Waals surface area contributed by atoms with E-state index in [9.17, 15) is 14.7 Å². The van der Waals surface area contributed by atoms with Crippen LogP contribution in [-0.4, -0.2) is 59.3 Å². The molecular weight excluding hydrogens is 310 g/mol. The number of hydrogen-bond donors (Lipinski definition) is 3. The summed E-state index contributed by atoms with van der Waals surface area (Å²) in [4.78, 5) is 28.4. The molecule has 0 radical (unpaired) electrons. The number of amides is 2. The van der Waals surface area contributed by atoms with Crippen LogP contribution in [0.2, 0.25) is 0 Å². The number of hydrogen-bond acceptors (Lipinski definition) is 4. The number of ether oxygens (including phenoxy) is 1. The average Bonchev–Trinajstić information content (AvgIpc) is 3.04. The zero-order chi connectivity index (χ0) is 17.7. The van der Waals surface area contributed by atoms with E-state index in [1.807, 2.05) is 20.8 Å². The Balaban J connectivity index is 1.75. The fourth-order valence-corrected chi connectivity index (χ4v) is 2.58. The van der Waals surface area contributed by atoms with Gasteiger partial charge in [-0.2, -0.15) is 0 Å². The van der Waals surface area contributed by atoms with Crippen molar-refractivity contribution in [2.24, 2.45) is 11.3 Å². The molecular formula is C17H27N3O4. The molecule has 1 aromatic rings. The molecule has 1 saturated heterocycles. The summed E-state index contributed by atoms with van der Waals surface area (Å²) in [6, 6.07) is 3.48. The van der Waals surface area contributed by atoms with E-state index in [0.717, 1.165) is 0 Å². The number of likely N-dealkylation sites (tertiary alicyclic amines) is 1. The van der Waals surface area contributed by atoms with Gasteiger partial charge in [-0.3, -0.25) is 4.79 Å². The molecule has 7 nitrogen and oxygen atoms in total. The van der Waals surface area contributed by atoms with Crippen LogP contribution in [0.4, 0.5) is 4.79 Å². The Labute approximate surface area is 142 Å². The maximum absolute atomic E-state index is 12.3. The van der Waals surface area contributed by atoms with E-state index in [4.69, 9.17) is 4.74 Å². The Kier molecular flexibility index (Phi) is 5.88. The van der Waals surface area contributed by atoms with Gasteiger partial charge in [0.05, 0.1) is 12.7 Å². The minimum Gasteiger partial charge on any atom is -0.449 e. The molecule has 0 unspecified atom stereocenters. The molecule has 0 aromatic carbocycles. The zero-order valence-corrected chi connectivity index (χ0v) is 14.5. The number of aromatic amines is 1. The molecule has 1 aliphatic rings. The predicted molar refractivity (Wildman–Crippen MR) is 89.6 cm³/mol. The summed E-state index contributed by atoms with van der Waals surface area (Å²) in [6.07, 6.45) is 1.19. The first-order valence-electron chi connectivity index (χ1n) is 8.27. The van der Waals surface area contributed by atoms with E-state index < -0.39 is 12.2 Å². The van der Waals surface area contributed by atoms with Crippen molar-refractivity contribution < 1.29 is 19.4 Å². The quantitative estimate of drug-likeness (QED) is 0.778. The van der Waals surface area contributed by atoms with Crippen LogP contribution in [0.5, 0.6) is 0 Å². The van der Waals surface area contributed by atoms with Crippen molar-refractivity contribution in [2.75, 3.05) is 26.2 Å². The van der Waals surface area contributed by atoms with Crippen LogP contribution >= 0.6 is 0 Å². The molecule has 1 aliphatic heterocycles. The molecule has 1 aromatic heterocycles. The number of H-pyrrole nitrogens is 1. The molecule has 0 bridgehead atoms. The average molecular weight is 337 g/mol. The summed E-state index contributed by atoms with van der Waals surface area (Å²) in [6.45, 7) is 7.46. The van der Waals surface area contributed by atoms with Gasteiger partial charge in [0.2, 0.25) is 0 Å². The van der Waals surface area contributed by atoms with Crippen molar-refractivity contribution in [3.63, 3.8) is 0 Å². The fourth-order valence-electron chi connectivity index (χ4n) is 2.58. The van der Waals surface area contributed by atoms with Crippen molar-refractivity contribution in [1.29, 1.82) is 0 Å². The Bertz CT molecular complexity index is 551. The van der Waals surface area contributed by atoms with Gasteiger partial charge >= 0.3 is 6.09 Å². The number of aliphatic hydroxyl groups excluding tert-OH is 1. The van der Waals surface area contributed by atoms with Crippen molar-refractivity contribution >= 4 is 12.0 Å². The SMILES string of the molecule is CC(C)(C)COC(=O)NC[C@@H]1CCN(C(=O)c2ccc[nH]2)C[C@H]1O. The maximum Gasteiger partial charge on any atom is 0.407 e. The van der Waals surface area contributed by atoms with Crippen LogP contribution in [0, 0.1) is 11.3 Å². The standard InChI is InChI=1S/C17H27N3O4/c1-17(2,3)11-24-16(23)19-9-12-6-8-20(10-14(12)21)15(22)13-5-4-7-18-13/h4-5,7,12,14,18,21H,6,8-11H2,1-3H3,(H,19,23)/t12-,14+/m0/s1. The summed E-state index contributed by atoms with van der Waals surface area (Å²) in [5, 5.41) is 13.0. The Morgan fingerprint density at radius 1 is 1.46 bits per heavy atom. The fraction of sp³-hybridized carbons (Fsp3) is 0.647. The summed E-state index contributed by atoms with van der Waals surface area (Å²) < 4.78 is 5.14. The monoisotopic (exact) mass is 337 g/mol. The molecule has 3 N–H and O–H groups in total. The summed E-state index contributed by atoms with van der Waals surface area (Å²) in [7, 11) is 0. The van der Waals surface area contributed by atoms with Crippen molar-refractivity contribution in [3.05, 3.63) is 24.0 Å². The molecule has 7 heteroatoms. The lowest BCUT2D eigenvalue weighted by Crippen LogP contribution is -2.49. The number of aromatic nitrogens is 1. The Morgan fingerprint density at radius 3 is 2.79 bits per heavy atom. The van der Waals surface area contributed by atoms with Gasteiger partial charge in [0, 0.05) is 31.7 Å². The van der Waals surface area contributed by atoms with Gasteiger partial charge < -0.3 is 25.0 Å². The van der Waals surface area contributed by atoms with Gasteiger partial charge in [-0.15, -0.1) is 0 Å². The van der Waals surface area contributed by atoms with E-state index in [1.54, 1.807) is 23.2 Å². The number of alkyl carbamates (subject to hydrolysis) is 1. The molecule has 24 heavy (non-hydrogen) atoms. The number of nitrogens with one attached hydrogen (secondary N) is 2. The lowest BCUT2D eigenvalue weighted by molar-refractivity contribution is 0.0188. The van der Waals surface area contributed by atoms with Crippen molar-refractivity contribution in [3.8, 4) is 0 Å². The number of piperidine rings is 1. The largest absolute Gasteiger partial charge is 0.449 e. The van der Waals surface area contributed by atoms with Gasteiger partial charge in [-0.1, -0.05) is 20.8 Å². The van der Waals surface area contributed by atoms with Crippen LogP contribution in [0.15, 0.2) is 18.3 Å². The predicted octanol–water partition coefficient (Wildman–Crippen LogP) is 1.61. The van der Waals surface area contributed by atoms with Gasteiger partial charge in [-0.25, -0.2) is 4.79 Å². The van der Waals surface area contributed by atoms with E-state index in [0.29, 0.717) is 31.8 Å². The minimum atomic E-state index is -0.666. The Hall–Kier alpha value is -2.02. The van der Waals surface area contributed by atoms with Gasteiger partial charge in [0.15, 0.2) is 0 Å². The third kappa shape index (κ3) is 5.26. The molecule has 134 valence electrons. The number of carbonyl (C=O) groups is 2. The molecule has 1 fully saturated rings. The maximum atomic E-state index is 12.3. The van der Waals surface area contributed by atoms with Gasteiger partial charge in [-0.05, 0) is 24.0 Å². The third-order valence-corrected chi connectivity index (χ3v) is 3.98. The van der Waals surface area contributed by atoms with Crippen LogP contribution < -0.4 is 5.32 Å². The van der Waals surface area contributed by atoms with Crippen molar-refractivity contribution in [1.82, 2.24) is 15.2 Å². The lowest BCUT2D eigenvalue weighted by atomic mass is 9.93. The van der Waals surface area contributed by atoms with Gasteiger partial charge in [0.1, 0.15) is 5.69 Å². The molecule has 0 saturated carbocycles. The topological polar surface area (TPSA) is 94.7 Å². The molecule has 2 atom stereocenters. The first-order chi connectivity index (χ1) is 11.3. The van der Waals surface area contributed by atoms with E-state index >= 15 is 0 Å². The first kappa shape index (κ1) is 18.3. The van der Waals surface area contributed by atoms with Crippen molar-refractivity contribution in [2.45, 2.75) is 33.3 Å². The lowest BCUT2D eigenvalue weighted by Gasteiger charge is -2.35. The normalized spacial score (nSPS) is 21.4. The second-order valence-electron chi connectivity index (χ2n) is 7.47. The zero-order valence-electron chi connectivity index (χ0n) is 14.5. The highest BCUT2D eigenvalue weighted by atomic mass is 16.5. The Morgan fingerprint density at radius 2 is 2.21 bits per heavy atom. The third-order valence-electron chi connectivity index (χ3n) is 3.98. The smallest absolute Gasteiger partial charge is 0.407 e. The molecule has 2 rings (SSSR count). The van der Waals surface area contributed by atoms with E-state index in [1.165, 1.54) is 0 Å². The second-order valence-corrected chi connectivity index (χ2v) is 7.47. The number of aliphatic hydroxyl groups is 1. The van der Waals surface area contributed by atoms with Crippen LogP contribution in [0.3, 0.4) is 0 Å².